The molecule has 7 heteroatoms. The number of nitrogens with zero attached hydrogens (tertiary/aromatic N) is 1. The third-order valence-electron chi connectivity index (χ3n) is 5.13. The zero-order valence-corrected chi connectivity index (χ0v) is 15.0. The summed E-state index contributed by atoms with van der Waals surface area (Å²) in [5.74, 6) is -0.0600. The molecule has 2 N–H and O–H groups in total. The number of carbonyl (C=O) groups is 2. The standard InChI is InChI=1S/C20H23N3O4/c24-19(18-6-3-12-26-18)21-14-7-9-15(10-8-14)22-20(25)23-11-13-27-17-5-2-1-4-16(17)23/h3,6-10,12,16-17H,1-2,4-5,11,13H2,(H,21,24)(H,22,25)/t16-,17-/m1/s1. The number of ether oxygens (including phenoxy) is 1. The fourth-order valence-corrected chi connectivity index (χ4v) is 3.78. The number of hydrogen-bond donors (Lipinski definition) is 2. The molecule has 0 spiro atoms. The number of hydrogen-bond acceptors (Lipinski definition) is 4. The molecule has 0 unspecified atom stereocenters. The number of carbonyl (C=O) groups excluding carboxylic acids is 2. The molecule has 27 heavy (non-hydrogen) atoms. The predicted octanol–water partition coefficient (Wildman–Crippen LogP) is 3.71. The van der Waals surface area contributed by atoms with E-state index in [1.165, 1.54) is 12.7 Å². The summed E-state index contributed by atoms with van der Waals surface area (Å²) in [5.41, 5.74) is 1.32. The van der Waals surface area contributed by atoms with Crippen molar-refractivity contribution < 1.29 is 18.7 Å². The van der Waals surface area contributed by atoms with Gasteiger partial charge < -0.3 is 24.7 Å². The van der Waals surface area contributed by atoms with Crippen LogP contribution >= 0.6 is 0 Å². The van der Waals surface area contributed by atoms with Gasteiger partial charge in [-0.25, -0.2) is 4.79 Å². The van der Waals surface area contributed by atoms with Crippen molar-refractivity contribution in [1.82, 2.24) is 4.90 Å². The van der Waals surface area contributed by atoms with Gasteiger partial charge in [0.25, 0.3) is 5.91 Å². The molecule has 2 aromatic rings. The van der Waals surface area contributed by atoms with Crippen LogP contribution in [0.4, 0.5) is 16.2 Å². The molecule has 142 valence electrons. The normalized spacial score (nSPS) is 22.0. The van der Waals surface area contributed by atoms with Crippen LogP contribution in [0.15, 0.2) is 47.1 Å². The molecule has 4 rings (SSSR count). The molecule has 1 aliphatic carbocycles. The number of benzene rings is 1. The van der Waals surface area contributed by atoms with Gasteiger partial charge in [-0.3, -0.25) is 4.79 Å². The second-order valence-electron chi connectivity index (χ2n) is 6.89. The molecule has 1 aromatic heterocycles. The quantitative estimate of drug-likeness (QED) is 0.864. The van der Waals surface area contributed by atoms with E-state index in [1.807, 2.05) is 4.90 Å². The number of anilines is 2. The SMILES string of the molecule is O=C(Nc1ccc(NC(=O)N2CCO[C@@H]3CCCC[C@H]32)cc1)c1ccco1. The first-order chi connectivity index (χ1) is 13.2. The van der Waals surface area contributed by atoms with Crippen molar-refractivity contribution in [1.29, 1.82) is 0 Å². The summed E-state index contributed by atoms with van der Waals surface area (Å²) in [6, 6.07) is 10.4. The minimum atomic E-state index is -0.312. The Morgan fingerprint density at radius 2 is 1.74 bits per heavy atom. The lowest BCUT2D eigenvalue weighted by atomic mass is 9.90. The molecule has 1 saturated heterocycles. The molecule has 2 fully saturated rings. The molecular formula is C20H23N3O4. The van der Waals surface area contributed by atoms with Gasteiger partial charge in [-0.2, -0.15) is 0 Å². The molecule has 0 radical (unpaired) electrons. The fourth-order valence-electron chi connectivity index (χ4n) is 3.78. The Morgan fingerprint density at radius 1 is 1.00 bits per heavy atom. The van der Waals surface area contributed by atoms with E-state index in [-0.39, 0.29) is 29.8 Å². The van der Waals surface area contributed by atoms with Crippen LogP contribution < -0.4 is 10.6 Å². The lowest BCUT2D eigenvalue weighted by Gasteiger charge is -2.43. The van der Waals surface area contributed by atoms with E-state index in [1.54, 1.807) is 36.4 Å². The molecule has 1 saturated carbocycles. The summed E-state index contributed by atoms with van der Waals surface area (Å²) in [6.45, 7) is 1.20. The third-order valence-corrected chi connectivity index (χ3v) is 5.13. The summed E-state index contributed by atoms with van der Waals surface area (Å²) in [4.78, 5) is 26.6. The first kappa shape index (κ1) is 17.6. The Morgan fingerprint density at radius 3 is 2.48 bits per heavy atom. The van der Waals surface area contributed by atoms with Gasteiger partial charge in [0, 0.05) is 17.9 Å². The Balaban J connectivity index is 1.36. The van der Waals surface area contributed by atoms with E-state index in [0.717, 1.165) is 19.3 Å². The first-order valence-corrected chi connectivity index (χ1v) is 9.35. The van der Waals surface area contributed by atoms with E-state index in [2.05, 4.69) is 10.6 Å². The second-order valence-corrected chi connectivity index (χ2v) is 6.89. The maximum absolute atomic E-state index is 12.7. The van der Waals surface area contributed by atoms with E-state index in [4.69, 9.17) is 9.15 Å². The molecule has 0 bridgehead atoms. The van der Waals surface area contributed by atoms with Crippen molar-refractivity contribution in [2.24, 2.45) is 0 Å². The van der Waals surface area contributed by atoms with Gasteiger partial charge in [-0.05, 0) is 49.2 Å². The number of urea groups is 1. The molecule has 1 aliphatic heterocycles. The maximum atomic E-state index is 12.7. The van der Waals surface area contributed by atoms with Crippen LogP contribution in [0, 0.1) is 0 Å². The lowest BCUT2D eigenvalue weighted by molar-refractivity contribution is -0.0694. The van der Waals surface area contributed by atoms with Crippen molar-refractivity contribution in [2.45, 2.75) is 37.8 Å². The van der Waals surface area contributed by atoms with Gasteiger partial charge in [0.2, 0.25) is 0 Å². The van der Waals surface area contributed by atoms with Crippen molar-refractivity contribution >= 4 is 23.3 Å². The van der Waals surface area contributed by atoms with Crippen molar-refractivity contribution in [3.63, 3.8) is 0 Å². The van der Waals surface area contributed by atoms with Gasteiger partial charge in [0.1, 0.15) is 0 Å². The van der Waals surface area contributed by atoms with Crippen molar-refractivity contribution in [3.05, 3.63) is 48.4 Å². The monoisotopic (exact) mass is 369 g/mol. The maximum Gasteiger partial charge on any atom is 0.322 e. The Bertz CT molecular complexity index is 786. The molecule has 2 atom stereocenters. The highest BCUT2D eigenvalue weighted by Crippen LogP contribution is 2.29. The average Bonchev–Trinajstić information content (AvgIpc) is 3.24. The van der Waals surface area contributed by atoms with Crippen LogP contribution in [0.5, 0.6) is 0 Å². The van der Waals surface area contributed by atoms with Gasteiger partial charge in [0.15, 0.2) is 5.76 Å². The minimum absolute atomic E-state index is 0.0948. The second kappa shape index (κ2) is 7.84. The Kier molecular flexibility index (Phi) is 5.11. The van der Waals surface area contributed by atoms with E-state index < -0.39 is 0 Å². The smallest absolute Gasteiger partial charge is 0.322 e. The average molecular weight is 369 g/mol. The van der Waals surface area contributed by atoms with Gasteiger partial charge in [0.05, 0.1) is 25.0 Å². The third kappa shape index (κ3) is 3.98. The van der Waals surface area contributed by atoms with Crippen LogP contribution in [-0.2, 0) is 4.74 Å². The highest BCUT2D eigenvalue weighted by atomic mass is 16.5. The topological polar surface area (TPSA) is 83.8 Å². The zero-order chi connectivity index (χ0) is 18.6. The Labute approximate surface area is 157 Å². The minimum Gasteiger partial charge on any atom is -0.459 e. The number of morpholine rings is 1. The molecule has 3 amide bonds. The van der Waals surface area contributed by atoms with Crippen LogP contribution in [0.1, 0.15) is 36.2 Å². The predicted molar refractivity (Wildman–Crippen MR) is 101 cm³/mol. The zero-order valence-electron chi connectivity index (χ0n) is 15.0. The lowest BCUT2D eigenvalue weighted by Crippen LogP contribution is -2.55. The van der Waals surface area contributed by atoms with Crippen LogP contribution in [-0.4, -0.2) is 42.1 Å². The number of furan rings is 1. The molecular weight excluding hydrogens is 346 g/mol. The highest BCUT2D eigenvalue weighted by Gasteiger charge is 2.36. The van der Waals surface area contributed by atoms with E-state index in [0.29, 0.717) is 24.5 Å². The molecule has 1 aromatic carbocycles. The van der Waals surface area contributed by atoms with E-state index >= 15 is 0 Å². The van der Waals surface area contributed by atoms with Crippen LogP contribution in [0.25, 0.3) is 0 Å². The summed E-state index contributed by atoms with van der Waals surface area (Å²) >= 11 is 0. The first-order valence-electron chi connectivity index (χ1n) is 9.35. The molecule has 7 nitrogen and oxygen atoms in total. The van der Waals surface area contributed by atoms with Gasteiger partial charge in [-0.1, -0.05) is 12.8 Å². The molecule has 2 heterocycles. The van der Waals surface area contributed by atoms with Crippen LogP contribution in [0.2, 0.25) is 0 Å². The number of fused-ring (bicyclic) bond motifs is 1. The van der Waals surface area contributed by atoms with Crippen molar-refractivity contribution in [3.8, 4) is 0 Å². The number of amides is 3. The van der Waals surface area contributed by atoms with Crippen molar-refractivity contribution in [2.75, 3.05) is 23.8 Å². The largest absolute Gasteiger partial charge is 0.459 e. The molecule has 2 aliphatic rings. The summed E-state index contributed by atoms with van der Waals surface area (Å²) in [6.07, 6.45) is 5.95. The number of rotatable bonds is 3. The van der Waals surface area contributed by atoms with Crippen LogP contribution in [0.3, 0.4) is 0 Å². The van der Waals surface area contributed by atoms with Gasteiger partial charge >= 0.3 is 6.03 Å². The number of nitrogens with one attached hydrogen (secondary N) is 2. The summed E-state index contributed by atoms with van der Waals surface area (Å²) in [7, 11) is 0. The highest BCUT2D eigenvalue weighted by molar-refractivity contribution is 6.02. The Hall–Kier alpha value is -2.80. The fraction of sp³-hybridized carbons (Fsp3) is 0.400. The summed E-state index contributed by atoms with van der Waals surface area (Å²) in [5, 5.41) is 5.71. The summed E-state index contributed by atoms with van der Waals surface area (Å²) < 4.78 is 10.9. The van der Waals surface area contributed by atoms with E-state index in [9.17, 15) is 9.59 Å². The van der Waals surface area contributed by atoms with Gasteiger partial charge in [-0.15, -0.1) is 0 Å².